The zero-order chi connectivity index (χ0) is 16.8. The number of amides is 1. The van der Waals surface area contributed by atoms with Gasteiger partial charge in [-0.3, -0.25) is 9.69 Å². The Balaban J connectivity index is 1.46. The molecule has 4 heteroatoms. The van der Waals surface area contributed by atoms with Crippen LogP contribution in [-0.4, -0.2) is 29.9 Å². The smallest absolute Gasteiger partial charge is 0.221 e. The van der Waals surface area contributed by atoms with Crippen LogP contribution >= 0.6 is 0 Å². The van der Waals surface area contributed by atoms with Crippen molar-refractivity contribution < 1.29 is 4.79 Å². The Labute approximate surface area is 143 Å². The molecule has 1 aliphatic rings. The molecule has 2 aromatic rings. The Morgan fingerprint density at radius 1 is 1.00 bits per heavy atom. The summed E-state index contributed by atoms with van der Waals surface area (Å²) in [5, 5.41) is 3.60. The second-order valence-corrected chi connectivity index (χ2v) is 6.52. The van der Waals surface area contributed by atoms with Crippen molar-refractivity contribution in [1.82, 2.24) is 4.90 Å². The number of primary amides is 1. The van der Waals surface area contributed by atoms with Crippen molar-refractivity contribution in [3.63, 3.8) is 0 Å². The molecule has 0 unspecified atom stereocenters. The van der Waals surface area contributed by atoms with Gasteiger partial charge < -0.3 is 11.1 Å². The summed E-state index contributed by atoms with van der Waals surface area (Å²) in [7, 11) is 0. The number of carbonyl (C=O) groups is 1. The maximum absolute atomic E-state index is 10.9. The largest absolute Gasteiger partial charge is 0.382 e. The number of anilines is 1. The number of nitrogens with one attached hydrogen (secondary N) is 1. The van der Waals surface area contributed by atoms with Gasteiger partial charge >= 0.3 is 0 Å². The Hall–Kier alpha value is -2.33. The monoisotopic (exact) mass is 323 g/mol. The molecule has 0 saturated carbocycles. The highest BCUT2D eigenvalue weighted by Crippen LogP contribution is 2.19. The van der Waals surface area contributed by atoms with Crippen molar-refractivity contribution in [3.05, 3.63) is 65.7 Å². The predicted molar refractivity (Wildman–Crippen MR) is 97.7 cm³/mol. The fourth-order valence-electron chi connectivity index (χ4n) is 3.23. The van der Waals surface area contributed by atoms with Crippen molar-refractivity contribution in [3.8, 4) is 0 Å². The molecule has 0 atom stereocenters. The molecule has 1 aliphatic heterocycles. The Kier molecular flexibility index (Phi) is 5.49. The van der Waals surface area contributed by atoms with E-state index in [1.807, 2.05) is 24.3 Å². The molecule has 2 aromatic carbocycles. The minimum absolute atomic E-state index is 0.290. The highest BCUT2D eigenvalue weighted by molar-refractivity contribution is 5.76. The molecule has 0 bridgehead atoms. The van der Waals surface area contributed by atoms with Gasteiger partial charge in [0.05, 0.1) is 6.42 Å². The Bertz CT molecular complexity index is 646. The van der Waals surface area contributed by atoms with Gasteiger partial charge in [0.15, 0.2) is 0 Å². The van der Waals surface area contributed by atoms with Gasteiger partial charge in [-0.1, -0.05) is 42.5 Å². The molecule has 24 heavy (non-hydrogen) atoms. The van der Waals surface area contributed by atoms with Crippen molar-refractivity contribution in [2.45, 2.75) is 31.8 Å². The van der Waals surface area contributed by atoms with Crippen LogP contribution in [0.1, 0.15) is 24.0 Å². The summed E-state index contributed by atoms with van der Waals surface area (Å²) in [5.41, 5.74) is 8.68. The molecule has 3 rings (SSSR count). The number of likely N-dealkylation sites (tertiary alicyclic amines) is 1. The van der Waals surface area contributed by atoms with E-state index in [2.05, 4.69) is 40.5 Å². The number of carbonyl (C=O) groups excluding carboxylic acids is 1. The first kappa shape index (κ1) is 16.5. The van der Waals surface area contributed by atoms with Gasteiger partial charge in [-0.2, -0.15) is 0 Å². The first-order valence-electron chi connectivity index (χ1n) is 8.59. The first-order chi connectivity index (χ1) is 11.7. The summed E-state index contributed by atoms with van der Waals surface area (Å²) in [6, 6.07) is 19.2. The second kappa shape index (κ2) is 7.97. The normalized spacial score (nSPS) is 16.0. The molecule has 0 spiro atoms. The van der Waals surface area contributed by atoms with E-state index in [0.29, 0.717) is 12.5 Å². The molecule has 3 N–H and O–H groups in total. The standard InChI is InChI=1S/C20H25N3O/c21-20(24)14-16-6-8-18(9-7-16)22-19-10-12-23(13-11-19)15-17-4-2-1-3-5-17/h1-9,19,22H,10-15H2,(H2,21,24). The maximum atomic E-state index is 10.9. The van der Waals surface area contributed by atoms with E-state index in [0.717, 1.165) is 43.7 Å². The number of hydrogen-bond acceptors (Lipinski definition) is 3. The molecule has 1 amide bonds. The van der Waals surface area contributed by atoms with E-state index in [4.69, 9.17) is 5.73 Å². The van der Waals surface area contributed by atoms with E-state index >= 15 is 0 Å². The van der Waals surface area contributed by atoms with Gasteiger partial charge in [0.25, 0.3) is 0 Å². The number of rotatable bonds is 6. The summed E-state index contributed by atoms with van der Waals surface area (Å²) in [6.07, 6.45) is 2.60. The molecule has 4 nitrogen and oxygen atoms in total. The minimum Gasteiger partial charge on any atom is -0.382 e. The average molecular weight is 323 g/mol. The highest BCUT2D eigenvalue weighted by Gasteiger charge is 2.19. The van der Waals surface area contributed by atoms with Crippen molar-refractivity contribution in [2.75, 3.05) is 18.4 Å². The van der Waals surface area contributed by atoms with E-state index < -0.39 is 0 Å². The van der Waals surface area contributed by atoms with Crippen LogP contribution in [0.5, 0.6) is 0 Å². The lowest BCUT2D eigenvalue weighted by atomic mass is 10.0. The van der Waals surface area contributed by atoms with Crippen LogP contribution in [0, 0.1) is 0 Å². The lowest BCUT2D eigenvalue weighted by molar-refractivity contribution is -0.117. The number of benzene rings is 2. The molecule has 0 aliphatic carbocycles. The fraction of sp³-hybridized carbons (Fsp3) is 0.350. The zero-order valence-corrected chi connectivity index (χ0v) is 13.9. The third kappa shape index (κ3) is 4.83. The molecule has 1 heterocycles. The summed E-state index contributed by atoms with van der Waals surface area (Å²) in [4.78, 5) is 13.5. The van der Waals surface area contributed by atoms with Crippen molar-refractivity contribution >= 4 is 11.6 Å². The first-order valence-corrected chi connectivity index (χ1v) is 8.59. The van der Waals surface area contributed by atoms with Gasteiger partial charge in [-0.05, 0) is 36.1 Å². The average Bonchev–Trinajstić information content (AvgIpc) is 2.59. The predicted octanol–water partition coefficient (Wildman–Crippen LogP) is 2.79. The highest BCUT2D eigenvalue weighted by atomic mass is 16.1. The lowest BCUT2D eigenvalue weighted by Crippen LogP contribution is -2.38. The van der Waals surface area contributed by atoms with Crippen LogP contribution in [0.25, 0.3) is 0 Å². The van der Waals surface area contributed by atoms with E-state index in [9.17, 15) is 4.79 Å². The summed E-state index contributed by atoms with van der Waals surface area (Å²) in [6.45, 7) is 3.27. The maximum Gasteiger partial charge on any atom is 0.221 e. The van der Waals surface area contributed by atoms with Gasteiger partial charge in [0.1, 0.15) is 0 Å². The second-order valence-electron chi connectivity index (χ2n) is 6.52. The molecule has 0 radical (unpaired) electrons. The van der Waals surface area contributed by atoms with Crippen LogP contribution < -0.4 is 11.1 Å². The fourth-order valence-corrected chi connectivity index (χ4v) is 3.23. The third-order valence-electron chi connectivity index (χ3n) is 4.54. The quantitative estimate of drug-likeness (QED) is 0.859. The van der Waals surface area contributed by atoms with E-state index in [-0.39, 0.29) is 5.91 Å². The summed E-state index contributed by atoms with van der Waals surface area (Å²) >= 11 is 0. The SMILES string of the molecule is NC(=O)Cc1ccc(NC2CCN(Cc3ccccc3)CC2)cc1. The van der Waals surface area contributed by atoms with E-state index in [1.54, 1.807) is 0 Å². The topological polar surface area (TPSA) is 58.4 Å². The number of piperidine rings is 1. The number of nitrogens with two attached hydrogens (primary N) is 1. The van der Waals surface area contributed by atoms with Crippen LogP contribution in [0.3, 0.4) is 0 Å². The molecule has 1 saturated heterocycles. The van der Waals surface area contributed by atoms with Crippen molar-refractivity contribution in [2.24, 2.45) is 5.73 Å². The van der Waals surface area contributed by atoms with Crippen LogP contribution in [0.2, 0.25) is 0 Å². The van der Waals surface area contributed by atoms with Crippen LogP contribution in [0.4, 0.5) is 5.69 Å². The molecule has 126 valence electrons. The third-order valence-corrected chi connectivity index (χ3v) is 4.54. The summed E-state index contributed by atoms with van der Waals surface area (Å²) in [5.74, 6) is -0.290. The Morgan fingerprint density at radius 2 is 1.67 bits per heavy atom. The van der Waals surface area contributed by atoms with E-state index in [1.165, 1.54) is 5.56 Å². The van der Waals surface area contributed by atoms with Gasteiger partial charge in [-0.25, -0.2) is 0 Å². The zero-order valence-electron chi connectivity index (χ0n) is 13.9. The molecule has 0 aromatic heterocycles. The number of hydrogen-bond donors (Lipinski definition) is 2. The van der Waals surface area contributed by atoms with Crippen molar-refractivity contribution in [1.29, 1.82) is 0 Å². The lowest BCUT2D eigenvalue weighted by Gasteiger charge is -2.33. The van der Waals surface area contributed by atoms with Gasteiger partial charge in [-0.15, -0.1) is 0 Å². The molecular formula is C20H25N3O. The Morgan fingerprint density at radius 3 is 2.29 bits per heavy atom. The van der Waals surface area contributed by atoms with Gasteiger partial charge in [0, 0.05) is 31.4 Å². The minimum atomic E-state index is -0.290. The van der Waals surface area contributed by atoms with Gasteiger partial charge in [0.2, 0.25) is 5.91 Å². The molecule has 1 fully saturated rings. The molecular weight excluding hydrogens is 298 g/mol. The van der Waals surface area contributed by atoms with Crippen LogP contribution in [-0.2, 0) is 17.8 Å². The number of nitrogens with zero attached hydrogens (tertiary/aromatic N) is 1. The summed E-state index contributed by atoms with van der Waals surface area (Å²) < 4.78 is 0. The van der Waals surface area contributed by atoms with Crippen LogP contribution in [0.15, 0.2) is 54.6 Å².